The van der Waals surface area contributed by atoms with Gasteiger partial charge in [-0.2, -0.15) is 0 Å². The van der Waals surface area contributed by atoms with Crippen LogP contribution in [0, 0.1) is 5.92 Å². The third kappa shape index (κ3) is 6.21. The van der Waals surface area contributed by atoms with E-state index >= 15 is 0 Å². The van der Waals surface area contributed by atoms with E-state index in [0.717, 1.165) is 12.5 Å². The molecule has 104 valence electrons. The summed E-state index contributed by atoms with van der Waals surface area (Å²) in [7, 11) is 0. The van der Waals surface area contributed by atoms with E-state index in [0.29, 0.717) is 0 Å². The predicted octanol–water partition coefficient (Wildman–Crippen LogP) is 1.79. The topological polar surface area (TPSA) is 89.9 Å². The van der Waals surface area contributed by atoms with Crippen LogP contribution in [0.25, 0.3) is 0 Å². The van der Waals surface area contributed by atoms with Gasteiger partial charge in [-0.25, -0.2) is 4.79 Å². The van der Waals surface area contributed by atoms with Gasteiger partial charge in [-0.05, 0) is 13.8 Å². The van der Waals surface area contributed by atoms with Crippen molar-refractivity contribution < 1.29 is 29.0 Å². The van der Waals surface area contributed by atoms with Gasteiger partial charge < -0.3 is 14.6 Å². The summed E-state index contributed by atoms with van der Waals surface area (Å²) in [5, 5.41) is 8.82. The van der Waals surface area contributed by atoms with Gasteiger partial charge in [-0.15, -0.1) is 0 Å². The fourth-order valence-electron chi connectivity index (χ4n) is 1.07. The van der Waals surface area contributed by atoms with Crippen LogP contribution in [0.4, 0.5) is 0 Å². The molecule has 0 radical (unpaired) electrons. The van der Waals surface area contributed by atoms with Crippen molar-refractivity contribution in [2.75, 3.05) is 0 Å². The van der Waals surface area contributed by atoms with Crippen LogP contribution in [0.5, 0.6) is 0 Å². The Balaban J connectivity index is 4.86. The Morgan fingerprint density at radius 2 is 1.68 bits per heavy atom. The van der Waals surface area contributed by atoms with Crippen molar-refractivity contribution in [3.8, 4) is 0 Å². The Kier molecular flexibility index (Phi) is 7.60. The number of carbonyl (C=O) groups is 3. The van der Waals surface area contributed by atoms with Crippen molar-refractivity contribution in [2.45, 2.75) is 20.3 Å². The lowest BCUT2D eigenvalue weighted by Gasteiger charge is -2.13. The SMILES string of the molecule is C=C(C(=O)O)C(CC(=O)O/C=C/C)C(=O)O/C=C/C. The molecule has 0 aromatic rings. The van der Waals surface area contributed by atoms with Crippen LogP contribution in [0.1, 0.15) is 20.3 Å². The van der Waals surface area contributed by atoms with Crippen LogP contribution in [-0.2, 0) is 23.9 Å². The molecule has 1 unspecified atom stereocenters. The Morgan fingerprint density at radius 1 is 1.16 bits per heavy atom. The largest absolute Gasteiger partial charge is 0.478 e. The standard InChI is InChI=1S/C13H16O6/c1-4-6-18-11(14)8-10(9(3)12(15)16)13(17)19-7-5-2/h4-7,10H,3,8H2,1-2H3,(H,15,16)/b6-4+,7-5+. The van der Waals surface area contributed by atoms with E-state index in [1.807, 2.05) is 0 Å². The van der Waals surface area contributed by atoms with E-state index in [4.69, 9.17) is 5.11 Å². The molecule has 6 heteroatoms. The fraction of sp³-hybridized carbons (Fsp3) is 0.308. The molecule has 0 aliphatic carbocycles. The number of esters is 2. The first-order valence-corrected chi connectivity index (χ1v) is 5.48. The number of carbonyl (C=O) groups excluding carboxylic acids is 2. The van der Waals surface area contributed by atoms with Crippen LogP contribution in [0.15, 0.2) is 36.8 Å². The Morgan fingerprint density at radius 3 is 2.16 bits per heavy atom. The molecule has 1 N–H and O–H groups in total. The molecule has 0 fully saturated rings. The highest BCUT2D eigenvalue weighted by Gasteiger charge is 2.30. The monoisotopic (exact) mass is 268 g/mol. The smallest absolute Gasteiger partial charge is 0.331 e. The molecule has 0 saturated carbocycles. The Hall–Kier alpha value is -2.37. The summed E-state index contributed by atoms with van der Waals surface area (Å²) < 4.78 is 9.29. The minimum atomic E-state index is -1.37. The predicted molar refractivity (Wildman–Crippen MR) is 66.7 cm³/mol. The number of carboxylic acid groups (broad SMARTS) is 1. The highest BCUT2D eigenvalue weighted by Crippen LogP contribution is 2.17. The van der Waals surface area contributed by atoms with Crippen molar-refractivity contribution in [3.63, 3.8) is 0 Å². The molecule has 19 heavy (non-hydrogen) atoms. The van der Waals surface area contributed by atoms with Crippen molar-refractivity contribution in [2.24, 2.45) is 5.92 Å². The highest BCUT2D eigenvalue weighted by molar-refractivity contribution is 5.95. The molecule has 0 aliphatic rings. The third-order valence-corrected chi connectivity index (χ3v) is 2.01. The molecule has 0 bridgehead atoms. The van der Waals surface area contributed by atoms with E-state index in [1.165, 1.54) is 12.2 Å². The minimum absolute atomic E-state index is 0.424. The first kappa shape index (κ1) is 16.6. The second-order valence-electron chi connectivity index (χ2n) is 3.45. The van der Waals surface area contributed by atoms with Crippen molar-refractivity contribution in [3.05, 3.63) is 36.8 Å². The number of hydrogen-bond donors (Lipinski definition) is 1. The molecule has 0 saturated heterocycles. The number of allylic oxidation sites excluding steroid dienone is 2. The highest BCUT2D eigenvalue weighted by atomic mass is 16.5. The number of rotatable bonds is 7. The summed E-state index contributed by atoms with van der Waals surface area (Å²) in [6.45, 7) is 6.53. The lowest BCUT2D eigenvalue weighted by Crippen LogP contribution is -2.25. The van der Waals surface area contributed by atoms with Gasteiger partial charge >= 0.3 is 17.9 Å². The lowest BCUT2D eigenvalue weighted by atomic mass is 9.97. The van der Waals surface area contributed by atoms with Crippen molar-refractivity contribution >= 4 is 17.9 Å². The molecule has 0 spiro atoms. The first-order chi connectivity index (χ1) is 8.93. The van der Waals surface area contributed by atoms with Crippen LogP contribution in [0.2, 0.25) is 0 Å². The summed E-state index contributed by atoms with van der Waals surface area (Å²) in [6.07, 6.45) is 4.72. The minimum Gasteiger partial charge on any atom is -0.478 e. The average Bonchev–Trinajstić information content (AvgIpc) is 2.38. The van der Waals surface area contributed by atoms with Crippen molar-refractivity contribution in [1.29, 1.82) is 0 Å². The van der Waals surface area contributed by atoms with E-state index < -0.39 is 35.8 Å². The third-order valence-electron chi connectivity index (χ3n) is 2.01. The van der Waals surface area contributed by atoms with Gasteiger partial charge in [-0.3, -0.25) is 9.59 Å². The zero-order chi connectivity index (χ0) is 14.8. The van der Waals surface area contributed by atoms with Crippen molar-refractivity contribution in [1.82, 2.24) is 0 Å². The lowest BCUT2D eigenvalue weighted by molar-refractivity contribution is -0.149. The molecule has 0 aromatic carbocycles. The van der Waals surface area contributed by atoms with Crippen LogP contribution < -0.4 is 0 Å². The van der Waals surface area contributed by atoms with Gasteiger partial charge in [0.15, 0.2) is 0 Å². The molecule has 6 nitrogen and oxygen atoms in total. The molecule has 0 rings (SSSR count). The number of hydrogen-bond acceptors (Lipinski definition) is 5. The van der Waals surface area contributed by atoms with Gasteiger partial charge in [0.05, 0.1) is 24.9 Å². The summed E-state index contributed by atoms with van der Waals surface area (Å²) in [5.41, 5.74) is -0.424. The Labute approximate surface area is 111 Å². The second-order valence-corrected chi connectivity index (χ2v) is 3.45. The molecule has 0 amide bonds. The first-order valence-electron chi connectivity index (χ1n) is 5.48. The number of carboxylic acids is 1. The summed E-state index contributed by atoms with van der Waals surface area (Å²) in [5.74, 6) is -4.28. The average molecular weight is 268 g/mol. The van der Waals surface area contributed by atoms with Gasteiger partial charge in [0.2, 0.25) is 0 Å². The van der Waals surface area contributed by atoms with Crippen LogP contribution >= 0.6 is 0 Å². The maximum atomic E-state index is 11.6. The maximum Gasteiger partial charge on any atom is 0.331 e. The van der Waals surface area contributed by atoms with Gasteiger partial charge in [-0.1, -0.05) is 18.7 Å². The molecular formula is C13H16O6. The van der Waals surface area contributed by atoms with E-state index in [1.54, 1.807) is 13.8 Å². The molecule has 1 atom stereocenters. The number of aliphatic carboxylic acids is 1. The molecule has 0 aromatic heterocycles. The zero-order valence-corrected chi connectivity index (χ0v) is 10.8. The normalized spacial score (nSPS) is 12.3. The number of ether oxygens (including phenoxy) is 2. The second kappa shape index (κ2) is 8.68. The van der Waals surface area contributed by atoms with E-state index in [9.17, 15) is 14.4 Å². The van der Waals surface area contributed by atoms with E-state index in [-0.39, 0.29) is 0 Å². The van der Waals surface area contributed by atoms with Gasteiger partial charge in [0, 0.05) is 5.57 Å². The zero-order valence-electron chi connectivity index (χ0n) is 10.8. The van der Waals surface area contributed by atoms with Gasteiger partial charge in [0.25, 0.3) is 0 Å². The Bertz CT molecular complexity index is 419. The van der Waals surface area contributed by atoms with Crippen LogP contribution in [0.3, 0.4) is 0 Å². The summed E-state index contributed by atoms with van der Waals surface area (Å²) in [6, 6.07) is 0. The van der Waals surface area contributed by atoms with Crippen LogP contribution in [-0.4, -0.2) is 23.0 Å². The molecule has 0 heterocycles. The van der Waals surface area contributed by atoms with Gasteiger partial charge in [0.1, 0.15) is 0 Å². The molecular weight excluding hydrogens is 252 g/mol. The maximum absolute atomic E-state index is 11.6. The fourth-order valence-corrected chi connectivity index (χ4v) is 1.07. The summed E-state index contributed by atoms with van der Waals surface area (Å²) in [4.78, 5) is 33.8. The quantitative estimate of drug-likeness (QED) is 0.430. The summed E-state index contributed by atoms with van der Waals surface area (Å²) >= 11 is 0. The molecule has 0 aliphatic heterocycles. The van der Waals surface area contributed by atoms with E-state index in [2.05, 4.69) is 16.1 Å².